The molecule has 0 amide bonds. The van der Waals surface area contributed by atoms with Crippen LogP contribution in [0.15, 0.2) is 30.4 Å². The first-order valence-corrected chi connectivity index (χ1v) is 4.53. The van der Waals surface area contributed by atoms with Crippen molar-refractivity contribution in [1.82, 2.24) is 0 Å². The summed E-state index contributed by atoms with van der Waals surface area (Å²) in [6.07, 6.45) is 3.19. The van der Waals surface area contributed by atoms with E-state index in [4.69, 9.17) is 0 Å². The molecule has 0 aliphatic heterocycles. The molecule has 70 valence electrons. The van der Waals surface area contributed by atoms with Gasteiger partial charge in [0.15, 0.2) is 0 Å². The quantitative estimate of drug-likeness (QED) is 0.687. The van der Waals surface area contributed by atoms with Crippen LogP contribution in [-0.4, -0.2) is 5.11 Å². The summed E-state index contributed by atoms with van der Waals surface area (Å²) in [6.45, 7) is 6.01. The zero-order valence-corrected chi connectivity index (χ0v) is 8.41. The molecule has 0 aliphatic carbocycles. The Kier molecular flexibility index (Phi) is 3.26. The molecule has 0 fully saturated rings. The third-order valence-electron chi connectivity index (χ3n) is 2.34. The lowest BCUT2D eigenvalue weighted by Gasteiger charge is -2.11. The van der Waals surface area contributed by atoms with E-state index in [2.05, 4.69) is 13.0 Å². The predicted molar refractivity (Wildman–Crippen MR) is 55.7 cm³/mol. The van der Waals surface area contributed by atoms with Gasteiger partial charge in [-0.05, 0) is 37.5 Å². The van der Waals surface area contributed by atoms with Gasteiger partial charge < -0.3 is 5.11 Å². The molecular formula is C12H16O. The Hall–Kier alpha value is -1.08. The van der Waals surface area contributed by atoms with Gasteiger partial charge in [-0.15, -0.1) is 0 Å². The van der Waals surface area contributed by atoms with Gasteiger partial charge in [-0.1, -0.05) is 30.4 Å². The van der Waals surface area contributed by atoms with E-state index in [1.807, 2.05) is 32.1 Å². The second kappa shape index (κ2) is 4.24. The summed E-state index contributed by atoms with van der Waals surface area (Å²) in [5.41, 5.74) is 3.40. The first-order chi connectivity index (χ1) is 6.16. The number of aryl methyl sites for hydroxylation is 1. The number of hydrogen-bond acceptors (Lipinski definition) is 1. The van der Waals surface area contributed by atoms with E-state index in [-0.39, 0.29) is 0 Å². The summed E-state index contributed by atoms with van der Waals surface area (Å²) in [7, 11) is 0. The van der Waals surface area contributed by atoms with Gasteiger partial charge in [0, 0.05) is 0 Å². The largest absolute Gasteiger partial charge is 0.384 e. The molecule has 0 heterocycles. The molecule has 1 aromatic rings. The fourth-order valence-corrected chi connectivity index (χ4v) is 1.38. The van der Waals surface area contributed by atoms with Crippen LogP contribution in [0.3, 0.4) is 0 Å². The number of hydrogen-bond donors (Lipinski definition) is 1. The third-order valence-corrected chi connectivity index (χ3v) is 2.34. The summed E-state index contributed by atoms with van der Waals surface area (Å²) in [5, 5.41) is 9.74. The van der Waals surface area contributed by atoms with Crippen molar-refractivity contribution in [3.63, 3.8) is 0 Å². The highest BCUT2D eigenvalue weighted by atomic mass is 16.3. The minimum Gasteiger partial charge on any atom is -0.384 e. The molecule has 1 unspecified atom stereocenters. The molecular weight excluding hydrogens is 160 g/mol. The molecule has 0 aliphatic rings. The van der Waals surface area contributed by atoms with Crippen LogP contribution in [0.5, 0.6) is 0 Å². The normalized spacial score (nSPS) is 13.5. The lowest BCUT2D eigenvalue weighted by atomic mass is 9.99. The van der Waals surface area contributed by atoms with Crippen molar-refractivity contribution in [2.24, 2.45) is 0 Å². The van der Waals surface area contributed by atoms with E-state index in [0.717, 1.165) is 5.56 Å². The van der Waals surface area contributed by atoms with Gasteiger partial charge in [0.1, 0.15) is 0 Å². The molecule has 1 rings (SSSR count). The molecule has 1 aromatic carbocycles. The number of aliphatic hydroxyl groups is 1. The Morgan fingerprint density at radius 3 is 2.62 bits per heavy atom. The van der Waals surface area contributed by atoms with Gasteiger partial charge >= 0.3 is 0 Å². The van der Waals surface area contributed by atoms with Crippen molar-refractivity contribution >= 4 is 0 Å². The van der Waals surface area contributed by atoms with E-state index in [0.29, 0.717) is 0 Å². The van der Waals surface area contributed by atoms with Crippen molar-refractivity contribution in [2.45, 2.75) is 26.9 Å². The van der Waals surface area contributed by atoms with Gasteiger partial charge in [-0.2, -0.15) is 0 Å². The average Bonchev–Trinajstić information content (AvgIpc) is 2.10. The van der Waals surface area contributed by atoms with Crippen LogP contribution < -0.4 is 0 Å². The third kappa shape index (κ3) is 2.19. The van der Waals surface area contributed by atoms with Gasteiger partial charge in [-0.25, -0.2) is 0 Å². The van der Waals surface area contributed by atoms with Gasteiger partial charge in [0.25, 0.3) is 0 Å². The van der Waals surface area contributed by atoms with Crippen LogP contribution >= 0.6 is 0 Å². The van der Waals surface area contributed by atoms with Gasteiger partial charge in [-0.3, -0.25) is 0 Å². The van der Waals surface area contributed by atoms with Crippen molar-refractivity contribution in [3.05, 3.63) is 47.0 Å². The summed E-state index contributed by atoms with van der Waals surface area (Å²) in [6, 6.07) is 6.00. The Morgan fingerprint density at radius 2 is 2.00 bits per heavy atom. The maximum absolute atomic E-state index is 9.74. The predicted octanol–water partition coefficient (Wildman–Crippen LogP) is 2.91. The second-order valence-corrected chi connectivity index (χ2v) is 3.26. The smallest absolute Gasteiger partial charge is 0.0974 e. The zero-order valence-electron chi connectivity index (χ0n) is 8.41. The molecule has 0 aromatic heterocycles. The van der Waals surface area contributed by atoms with Crippen molar-refractivity contribution < 1.29 is 5.11 Å². The number of rotatable bonds is 2. The Morgan fingerprint density at radius 1 is 1.31 bits per heavy atom. The molecule has 0 radical (unpaired) electrons. The van der Waals surface area contributed by atoms with Crippen LogP contribution in [0.25, 0.3) is 0 Å². The van der Waals surface area contributed by atoms with Crippen LogP contribution in [0.4, 0.5) is 0 Å². The van der Waals surface area contributed by atoms with E-state index in [9.17, 15) is 5.11 Å². The van der Waals surface area contributed by atoms with E-state index in [1.54, 1.807) is 6.08 Å². The summed E-state index contributed by atoms with van der Waals surface area (Å²) in [5.74, 6) is 0. The van der Waals surface area contributed by atoms with E-state index < -0.39 is 6.10 Å². The average molecular weight is 176 g/mol. The topological polar surface area (TPSA) is 20.2 Å². The van der Waals surface area contributed by atoms with Crippen molar-refractivity contribution in [3.8, 4) is 0 Å². The Balaban J connectivity index is 3.07. The molecule has 0 saturated heterocycles. The molecule has 1 heteroatoms. The molecule has 0 spiro atoms. The Bertz CT molecular complexity index is 313. The van der Waals surface area contributed by atoms with Gasteiger partial charge in [0.05, 0.1) is 6.10 Å². The summed E-state index contributed by atoms with van der Waals surface area (Å²) < 4.78 is 0. The zero-order chi connectivity index (χ0) is 9.84. The molecule has 1 atom stereocenters. The molecule has 1 N–H and O–H groups in total. The van der Waals surface area contributed by atoms with Crippen LogP contribution in [-0.2, 0) is 0 Å². The molecule has 1 nitrogen and oxygen atoms in total. The van der Waals surface area contributed by atoms with Crippen LogP contribution in [0.2, 0.25) is 0 Å². The minimum absolute atomic E-state index is 0.468. The van der Waals surface area contributed by atoms with Gasteiger partial charge in [0.2, 0.25) is 0 Å². The monoisotopic (exact) mass is 176 g/mol. The number of benzene rings is 1. The highest BCUT2D eigenvalue weighted by molar-refractivity contribution is 5.36. The number of aliphatic hydroxyl groups excluding tert-OH is 1. The first kappa shape index (κ1) is 10.0. The first-order valence-electron chi connectivity index (χ1n) is 4.53. The second-order valence-electron chi connectivity index (χ2n) is 3.26. The van der Waals surface area contributed by atoms with E-state index in [1.165, 1.54) is 11.1 Å². The summed E-state index contributed by atoms with van der Waals surface area (Å²) in [4.78, 5) is 0. The van der Waals surface area contributed by atoms with Crippen molar-refractivity contribution in [1.29, 1.82) is 0 Å². The lowest BCUT2D eigenvalue weighted by molar-refractivity contribution is 0.227. The molecule has 0 bridgehead atoms. The van der Waals surface area contributed by atoms with Crippen LogP contribution in [0, 0.1) is 13.8 Å². The van der Waals surface area contributed by atoms with E-state index >= 15 is 0 Å². The SMILES string of the molecule is C/C=C/C(O)c1cccc(C)c1C. The summed E-state index contributed by atoms with van der Waals surface area (Å²) >= 11 is 0. The fourth-order valence-electron chi connectivity index (χ4n) is 1.38. The Labute approximate surface area is 79.7 Å². The van der Waals surface area contributed by atoms with Crippen molar-refractivity contribution in [2.75, 3.05) is 0 Å². The molecule has 13 heavy (non-hydrogen) atoms. The highest BCUT2D eigenvalue weighted by Crippen LogP contribution is 2.20. The standard InChI is InChI=1S/C12H16O/c1-4-6-12(13)11-8-5-7-9(2)10(11)3/h4-8,12-13H,1-3H3/b6-4+. The highest BCUT2D eigenvalue weighted by Gasteiger charge is 2.06. The number of allylic oxidation sites excluding steroid dienone is 1. The minimum atomic E-state index is -0.468. The van der Waals surface area contributed by atoms with Crippen LogP contribution in [0.1, 0.15) is 29.7 Å². The maximum atomic E-state index is 9.74. The fraction of sp³-hybridized carbons (Fsp3) is 0.333. The molecule has 0 saturated carbocycles. The maximum Gasteiger partial charge on any atom is 0.0974 e. The lowest BCUT2D eigenvalue weighted by Crippen LogP contribution is -1.97.